The van der Waals surface area contributed by atoms with Gasteiger partial charge in [0.25, 0.3) is 0 Å². The number of hydrogen-bond acceptors (Lipinski definition) is 3. The van der Waals surface area contributed by atoms with Gasteiger partial charge in [0.05, 0.1) is 4.47 Å². The van der Waals surface area contributed by atoms with Gasteiger partial charge in [-0.15, -0.1) is 12.4 Å². The Kier molecular flexibility index (Phi) is 5.13. The summed E-state index contributed by atoms with van der Waals surface area (Å²) in [5.74, 6) is -0.757. The third-order valence-electron chi connectivity index (χ3n) is 2.72. The van der Waals surface area contributed by atoms with E-state index in [9.17, 15) is 12.8 Å². The minimum atomic E-state index is -3.78. The van der Waals surface area contributed by atoms with Gasteiger partial charge >= 0.3 is 0 Å². The van der Waals surface area contributed by atoms with Crippen LogP contribution in [-0.2, 0) is 10.0 Å². The van der Waals surface area contributed by atoms with Gasteiger partial charge in [-0.3, -0.25) is 0 Å². The molecule has 0 bridgehead atoms. The van der Waals surface area contributed by atoms with Crippen molar-refractivity contribution >= 4 is 38.4 Å². The van der Waals surface area contributed by atoms with E-state index in [0.717, 1.165) is 0 Å². The van der Waals surface area contributed by atoms with E-state index in [1.165, 1.54) is 22.5 Å². The second-order valence-corrected chi connectivity index (χ2v) is 6.72. The minimum absolute atomic E-state index is 0. The molecule has 0 amide bonds. The first kappa shape index (κ1) is 15.8. The summed E-state index contributed by atoms with van der Waals surface area (Å²) in [6.07, 6.45) is 0.606. The van der Waals surface area contributed by atoms with Crippen molar-refractivity contribution in [1.82, 2.24) is 4.31 Å². The molecule has 0 saturated carbocycles. The van der Waals surface area contributed by atoms with E-state index in [1.807, 2.05) is 0 Å². The zero-order valence-corrected chi connectivity index (χ0v) is 12.6. The molecule has 1 aliphatic heterocycles. The summed E-state index contributed by atoms with van der Waals surface area (Å²) in [6, 6.07) is 4.05. The van der Waals surface area contributed by atoms with E-state index in [0.29, 0.717) is 13.0 Å². The SMILES string of the molecule is Cl.N[C@@H]1CCN(S(=O)(=O)c2cccc(Br)c2F)C1. The topological polar surface area (TPSA) is 63.4 Å². The van der Waals surface area contributed by atoms with Crippen LogP contribution in [0.2, 0.25) is 0 Å². The fraction of sp³-hybridized carbons (Fsp3) is 0.400. The standard InChI is InChI=1S/C10H12BrFN2O2S.ClH/c11-8-2-1-3-9(10(8)12)17(15,16)14-5-4-7(13)6-14;/h1-3,7H,4-6,13H2;1H/t7-;/m1./s1. The van der Waals surface area contributed by atoms with Gasteiger partial charge < -0.3 is 5.73 Å². The number of benzene rings is 1. The van der Waals surface area contributed by atoms with Gasteiger partial charge in [0.15, 0.2) is 5.82 Å². The Hall–Kier alpha value is -0.210. The molecule has 0 unspecified atom stereocenters. The highest BCUT2D eigenvalue weighted by atomic mass is 79.9. The van der Waals surface area contributed by atoms with Crippen LogP contribution >= 0.6 is 28.3 Å². The lowest BCUT2D eigenvalue weighted by Gasteiger charge is -2.16. The summed E-state index contributed by atoms with van der Waals surface area (Å²) in [7, 11) is -3.78. The summed E-state index contributed by atoms with van der Waals surface area (Å²) < 4.78 is 39.5. The summed E-state index contributed by atoms with van der Waals surface area (Å²) in [5, 5.41) is 0. The number of halogens is 3. The molecule has 0 aromatic heterocycles. The normalized spacial score (nSPS) is 20.7. The van der Waals surface area contributed by atoms with Crippen molar-refractivity contribution in [2.75, 3.05) is 13.1 Å². The first-order valence-electron chi connectivity index (χ1n) is 5.12. The van der Waals surface area contributed by atoms with E-state index in [2.05, 4.69) is 15.9 Å². The largest absolute Gasteiger partial charge is 0.326 e. The van der Waals surface area contributed by atoms with Crippen molar-refractivity contribution in [3.63, 3.8) is 0 Å². The van der Waals surface area contributed by atoms with Gasteiger partial charge in [0, 0.05) is 19.1 Å². The maximum Gasteiger partial charge on any atom is 0.246 e. The number of rotatable bonds is 2. The maximum absolute atomic E-state index is 13.8. The molecule has 0 radical (unpaired) electrons. The van der Waals surface area contributed by atoms with Crippen molar-refractivity contribution in [2.24, 2.45) is 5.73 Å². The van der Waals surface area contributed by atoms with Crippen molar-refractivity contribution in [2.45, 2.75) is 17.4 Å². The summed E-state index contributed by atoms with van der Waals surface area (Å²) in [6.45, 7) is 0.587. The fourth-order valence-electron chi connectivity index (χ4n) is 1.79. The Bertz CT molecular complexity index is 541. The molecule has 102 valence electrons. The van der Waals surface area contributed by atoms with Crippen LogP contribution in [0.3, 0.4) is 0 Å². The van der Waals surface area contributed by atoms with Gasteiger partial charge in [-0.1, -0.05) is 6.07 Å². The van der Waals surface area contributed by atoms with Crippen molar-refractivity contribution in [1.29, 1.82) is 0 Å². The first-order valence-corrected chi connectivity index (χ1v) is 7.36. The molecule has 1 aromatic carbocycles. The van der Waals surface area contributed by atoms with Gasteiger partial charge in [0.1, 0.15) is 4.90 Å². The van der Waals surface area contributed by atoms with Gasteiger partial charge in [-0.05, 0) is 34.5 Å². The van der Waals surface area contributed by atoms with Gasteiger partial charge in [-0.25, -0.2) is 12.8 Å². The van der Waals surface area contributed by atoms with E-state index in [4.69, 9.17) is 5.73 Å². The highest BCUT2D eigenvalue weighted by Crippen LogP contribution is 2.26. The van der Waals surface area contributed by atoms with Crippen LogP contribution in [0.25, 0.3) is 0 Å². The first-order chi connectivity index (χ1) is 7.93. The highest BCUT2D eigenvalue weighted by Gasteiger charge is 2.33. The van der Waals surface area contributed by atoms with Crippen molar-refractivity contribution in [3.8, 4) is 0 Å². The van der Waals surface area contributed by atoms with E-state index in [-0.39, 0.29) is 34.4 Å². The van der Waals surface area contributed by atoms with Crippen molar-refractivity contribution < 1.29 is 12.8 Å². The molecule has 2 N–H and O–H groups in total. The third kappa shape index (κ3) is 2.85. The molecule has 18 heavy (non-hydrogen) atoms. The van der Waals surface area contributed by atoms with Crippen LogP contribution in [0.5, 0.6) is 0 Å². The van der Waals surface area contributed by atoms with Gasteiger partial charge in [-0.2, -0.15) is 4.31 Å². The van der Waals surface area contributed by atoms with Crippen LogP contribution < -0.4 is 5.73 Å². The Morgan fingerprint density at radius 2 is 2.11 bits per heavy atom. The molecule has 1 aromatic rings. The smallest absolute Gasteiger partial charge is 0.246 e. The molecule has 1 aliphatic rings. The van der Waals surface area contributed by atoms with E-state index < -0.39 is 15.8 Å². The fourth-order valence-corrected chi connectivity index (χ4v) is 3.89. The number of hydrogen-bond donors (Lipinski definition) is 1. The van der Waals surface area contributed by atoms with Crippen LogP contribution in [0.15, 0.2) is 27.6 Å². The van der Waals surface area contributed by atoms with E-state index >= 15 is 0 Å². The van der Waals surface area contributed by atoms with Gasteiger partial charge in [0.2, 0.25) is 10.0 Å². The lowest BCUT2D eigenvalue weighted by Crippen LogP contribution is -2.32. The number of sulfonamides is 1. The van der Waals surface area contributed by atoms with E-state index in [1.54, 1.807) is 0 Å². The van der Waals surface area contributed by atoms with Crippen LogP contribution in [0.4, 0.5) is 4.39 Å². The molecular formula is C10H13BrClFN2O2S. The summed E-state index contributed by atoms with van der Waals surface area (Å²) in [5.41, 5.74) is 5.66. The molecule has 1 atom stereocenters. The molecule has 1 heterocycles. The highest BCUT2D eigenvalue weighted by molar-refractivity contribution is 9.10. The Morgan fingerprint density at radius 3 is 2.67 bits per heavy atom. The third-order valence-corrected chi connectivity index (χ3v) is 5.22. The Labute approximate surface area is 120 Å². The molecule has 0 aliphatic carbocycles. The minimum Gasteiger partial charge on any atom is -0.326 e. The molecule has 8 heteroatoms. The van der Waals surface area contributed by atoms with Crippen molar-refractivity contribution in [3.05, 3.63) is 28.5 Å². The predicted molar refractivity (Wildman–Crippen MR) is 72.7 cm³/mol. The number of nitrogens with zero attached hydrogens (tertiary/aromatic N) is 1. The molecule has 4 nitrogen and oxygen atoms in total. The zero-order valence-electron chi connectivity index (χ0n) is 9.34. The second-order valence-electron chi connectivity index (χ2n) is 3.96. The predicted octanol–water partition coefficient (Wildman–Crippen LogP) is 1.73. The number of nitrogens with two attached hydrogens (primary N) is 1. The molecule has 1 fully saturated rings. The average molecular weight is 360 g/mol. The molecule has 0 spiro atoms. The molecular weight excluding hydrogens is 347 g/mol. The second kappa shape index (κ2) is 5.83. The lowest BCUT2D eigenvalue weighted by atomic mass is 10.3. The Balaban J connectivity index is 0.00000162. The molecule has 1 saturated heterocycles. The summed E-state index contributed by atoms with van der Waals surface area (Å²) in [4.78, 5) is -0.305. The Morgan fingerprint density at radius 1 is 1.44 bits per heavy atom. The zero-order chi connectivity index (χ0) is 12.6. The maximum atomic E-state index is 13.8. The summed E-state index contributed by atoms with van der Waals surface area (Å²) >= 11 is 2.98. The molecule has 2 rings (SSSR count). The van der Waals surface area contributed by atoms with Crippen LogP contribution in [0.1, 0.15) is 6.42 Å². The van der Waals surface area contributed by atoms with Crippen LogP contribution in [-0.4, -0.2) is 31.9 Å². The average Bonchev–Trinajstić information content (AvgIpc) is 2.69. The van der Waals surface area contributed by atoms with Crippen LogP contribution in [0, 0.1) is 5.82 Å². The monoisotopic (exact) mass is 358 g/mol. The lowest BCUT2D eigenvalue weighted by molar-refractivity contribution is 0.464. The quantitative estimate of drug-likeness (QED) is 0.875.